The highest BCUT2D eigenvalue weighted by atomic mass is 32.1. The highest BCUT2D eigenvalue weighted by Crippen LogP contribution is 2.37. The van der Waals surface area contributed by atoms with E-state index in [1.807, 2.05) is 7.05 Å². The number of hydrogen-bond acceptors (Lipinski definition) is 3. The van der Waals surface area contributed by atoms with Gasteiger partial charge in [0, 0.05) is 18.5 Å². The third-order valence-electron chi connectivity index (χ3n) is 4.35. The van der Waals surface area contributed by atoms with Gasteiger partial charge in [0.15, 0.2) is 0 Å². The van der Waals surface area contributed by atoms with E-state index < -0.39 is 0 Å². The molecule has 1 aromatic heterocycles. The average molecular weight is 279 g/mol. The fourth-order valence-corrected chi connectivity index (χ4v) is 4.00. The SMILES string of the molecule is CN(CC(O)C1CC1)C(=O)C1CCCc2sccc21. The third kappa shape index (κ3) is 2.70. The lowest BCUT2D eigenvalue weighted by atomic mass is 9.87. The smallest absolute Gasteiger partial charge is 0.229 e. The van der Waals surface area contributed by atoms with Gasteiger partial charge in [-0.15, -0.1) is 11.3 Å². The zero-order valence-corrected chi connectivity index (χ0v) is 12.2. The molecule has 2 aliphatic rings. The van der Waals surface area contributed by atoms with Crippen molar-refractivity contribution in [2.75, 3.05) is 13.6 Å². The number of thiophene rings is 1. The number of carbonyl (C=O) groups excluding carboxylic acids is 1. The average Bonchev–Trinajstić information content (AvgIpc) is 3.15. The number of carbonyl (C=O) groups is 1. The van der Waals surface area contributed by atoms with E-state index in [4.69, 9.17) is 0 Å². The molecule has 1 saturated carbocycles. The Morgan fingerprint density at radius 3 is 3.05 bits per heavy atom. The molecule has 2 aliphatic carbocycles. The van der Waals surface area contributed by atoms with Gasteiger partial charge in [-0.2, -0.15) is 0 Å². The summed E-state index contributed by atoms with van der Waals surface area (Å²) < 4.78 is 0. The van der Waals surface area contributed by atoms with Crippen LogP contribution in [0.4, 0.5) is 0 Å². The lowest BCUT2D eigenvalue weighted by Crippen LogP contribution is -2.38. The molecule has 4 heteroatoms. The largest absolute Gasteiger partial charge is 0.391 e. The topological polar surface area (TPSA) is 40.5 Å². The number of aliphatic hydroxyl groups excluding tert-OH is 1. The van der Waals surface area contributed by atoms with Gasteiger partial charge in [0.2, 0.25) is 5.91 Å². The fraction of sp³-hybridized carbons (Fsp3) is 0.667. The molecule has 1 N–H and O–H groups in total. The van der Waals surface area contributed by atoms with Crippen LogP contribution in [0.1, 0.15) is 42.0 Å². The summed E-state index contributed by atoms with van der Waals surface area (Å²) >= 11 is 1.77. The highest BCUT2D eigenvalue weighted by Gasteiger charge is 2.34. The van der Waals surface area contributed by atoms with Crippen molar-refractivity contribution in [2.45, 2.75) is 44.1 Å². The standard InChI is InChI=1S/C15H21NO2S/c1-16(9-13(17)10-5-6-10)15(18)12-3-2-4-14-11(12)7-8-19-14/h7-8,10,12-13,17H,2-6,9H2,1H3. The molecule has 0 aromatic carbocycles. The normalized spacial score (nSPS) is 23.8. The molecule has 1 amide bonds. The van der Waals surface area contributed by atoms with Crippen LogP contribution in [0, 0.1) is 5.92 Å². The van der Waals surface area contributed by atoms with Crippen LogP contribution in [0.15, 0.2) is 11.4 Å². The zero-order chi connectivity index (χ0) is 13.4. The lowest BCUT2D eigenvalue weighted by molar-refractivity contribution is -0.133. The molecule has 0 spiro atoms. The number of amides is 1. The highest BCUT2D eigenvalue weighted by molar-refractivity contribution is 7.10. The summed E-state index contributed by atoms with van der Waals surface area (Å²) in [7, 11) is 1.83. The maximum atomic E-state index is 12.6. The maximum Gasteiger partial charge on any atom is 0.229 e. The van der Waals surface area contributed by atoms with Gasteiger partial charge in [-0.3, -0.25) is 4.79 Å². The molecule has 104 valence electrons. The Bertz CT molecular complexity index is 466. The van der Waals surface area contributed by atoms with Crippen molar-refractivity contribution in [3.63, 3.8) is 0 Å². The van der Waals surface area contributed by atoms with Gasteiger partial charge in [-0.1, -0.05) is 0 Å². The van der Waals surface area contributed by atoms with Gasteiger partial charge in [-0.25, -0.2) is 0 Å². The quantitative estimate of drug-likeness (QED) is 0.919. The van der Waals surface area contributed by atoms with Gasteiger partial charge in [0.1, 0.15) is 0 Å². The predicted octanol–water partition coefficient (Wildman–Crippen LogP) is 2.40. The van der Waals surface area contributed by atoms with Crippen molar-refractivity contribution in [3.05, 3.63) is 21.9 Å². The van der Waals surface area contributed by atoms with E-state index in [0.717, 1.165) is 32.1 Å². The summed E-state index contributed by atoms with van der Waals surface area (Å²) in [6.07, 6.45) is 5.06. The van der Waals surface area contributed by atoms with Crippen LogP contribution >= 0.6 is 11.3 Å². The molecule has 1 aromatic rings. The molecule has 0 radical (unpaired) electrons. The minimum absolute atomic E-state index is 0.0198. The summed E-state index contributed by atoms with van der Waals surface area (Å²) in [5.41, 5.74) is 1.23. The Labute approximate surface area is 118 Å². The molecular weight excluding hydrogens is 258 g/mol. The Kier molecular flexibility index (Phi) is 3.63. The van der Waals surface area contributed by atoms with Crippen LogP contribution in [-0.4, -0.2) is 35.6 Å². The lowest BCUT2D eigenvalue weighted by Gasteiger charge is -2.28. The van der Waals surface area contributed by atoms with Crippen molar-refractivity contribution in [1.82, 2.24) is 4.90 Å². The van der Waals surface area contributed by atoms with Crippen molar-refractivity contribution in [3.8, 4) is 0 Å². The van der Waals surface area contributed by atoms with Crippen molar-refractivity contribution >= 4 is 17.2 Å². The van der Waals surface area contributed by atoms with Crippen LogP contribution < -0.4 is 0 Å². The van der Waals surface area contributed by atoms with E-state index >= 15 is 0 Å². The number of rotatable bonds is 4. The molecular formula is C15H21NO2S. The second-order valence-electron chi connectivity index (χ2n) is 5.87. The fourth-order valence-electron chi connectivity index (χ4n) is 3.01. The number of aryl methyl sites for hydroxylation is 1. The summed E-state index contributed by atoms with van der Waals surface area (Å²) in [6.45, 7) is 0.486. The molecule has 3 rings (SSSR count). The Hall–Kier alpha value is -0.870. The van der Waals surface area contributed by atoms with Crippen LogP contribution in [0.2, 0.25) is 0 Å². The van der Waals surface area contributed by atoms with Gasteiger partial charge >= 0.3 is 0 Å². The predicted molar refractivity (Wildman–Crippen MR) is 76.4 cm³/mol. The molecule has 1 heterocycles. The van der Waals surface area contributed by atoms with Gasteiger partial charge < -0.3 is 10.0 Å². The van der Waals surface area contributed by atoms with Crippen LogP contribution in [-0.2, 0) is 11.2 Å². The van der Waals surface area contributed by atoms with E-state index in [9.17, 15) is 9.90 Å². The Morgan fingerprint density at radius 2 is 2.32 bits per heavy atom. The van der Waals surface area contributed by atoms with Gasteiger partial charge in [0.25, 0.3) is 0 Å². The van der Waals surface area contributed by atoms with E-state index in [-0.39, 0.29) is 17.9 Å². The summed E-state index contributed by atoms with van der Waals surface area (Å²) in [5, 5.41) is 12.1. The first-order valence-electron chi connectivity index (χ1n) is 7.16. The van der Waals surface area contributed by atoms with Crippen molar-refractivity contribution in [2.24, 2.45) is 5.92 Å². The molecule has 0 saturated heterocycles. The first kappa shape index (κ1) is 13.1. The summed E-state index contributed by atoms with van der Waals surface area (Å²) in [6, 6.07) is 2.10. The Balaban J connectivity index is 1.67. The molecule has 3 nitrogen and oxygen atoms in total. The van der Waals surface area contributed by atoms with Crippen LogP contribution in [0.5, 0.6) is 0 Å². The number of likely N-dealkylation sites (N-methyl/N-ethyl adjacent to an activating group) is 1. The Morgan fingerprint density at radius 1 is 1.53 bits per heavy atom. The third-order valence-corrected chi connectivity index (χ3v) is 5.35. The minimum atomic E-state index is -0.334. The minimum Gasteiger partial charge on any atom is -0.391 e. The number of aliphatic hydroxyl groups is 1. The zero-order valence-electron chi connectivity index (χ0n) is 11.3. The van der Waals surface area contributed by atoms with Crippen molar-refractivity contribution < 1.29 is 9.90 Å². The number of nitrogens with zero attached hydrogens (tertiary/aromatic N) is 1. The molecule has 2 unspecified atom stereocenters. The number of hydrogen-bond donors (Lipinski definition) is 1. The second-order valence-corrected chi connectivity index (χ2v) is 6.87. The first-order valence-corrected chi connectivity index (χ1v) is 8.04. The second kappa shape index (κ2) is 5.25. The molecule has 0 aliphatic heterocycles. The van der Waals surface area contributed by atoms with Crippen LogP contribution in [0.3, 0.4) is 0 Å². The number of fused-ring (bicyclic) bond motifs is 1. The maximum absolute atomic E-state index is 12.6. The summed E-state index contributed by atoms with van der Waals surface area (Å²) in [5.74, 6) is 0.628. The first-order chi connectivity index (χ1) is 9.16. The van der Waals surface area contributed by atoms with Gasteiger partial charge in [0.05, 0.1) is 12.0 Å². The monoisotopic (exact) mass is 279 g/mol. The van der Waals surface area contributed by atoms with Crippen molar-refractivity contribution in [1.29, 1.82) is 0 Å². The molecule has 19 heavy (non-hydrogen) atoms. The van der Waals surface area contributed by atoms with E-state index in [1.165, 1.54) is 10.4 Å². The van der Waals surface area contributed by atoms with E-state index in [0.29, 0.717) is 12.5 Å². The molecule has 0 bridgehead atoms. The van der Waals surface area contributed by atoms with E-state index in [1.54, 1.807) is 16.2 Å². The van der Waals surface area contributed by atoms with E-state index in [2.05, 4.69) is 11.4 Å². The van der Waals surface area contributed by atoms with Gasteiger partial charge in [-0.05, 0) is 55.0 Å². The summed E-state index contributed by atoms with van der Waals surface area (Å²) in [4.78, 5) is 15.7. The van der Waals surface area contributed by atoms with Crippen LogP contribution in [0.25, 0.3) is 0 Å². The molecule has 1 fully saturated rings. The molecule has 2 atom stereocenters.